The predicted octanol–water partition coefficient (Wildman–Crippen LogP) is 6.31. The number of oxazole rings is 1. The number of rotatable bonds is 6. The fourth-order valence-electron chi connectivity index (χ4n) is 3.05. The molecule has 0 aliphatic rings. The van der Waals surface area contributed by atoms with E-state index in [1.54, 1.807) is 7.05 Å². The first-order chi connectivity index (χ1) is 15.7. The van der Waals surface area contributed by atoms with Crippen molar-refractivity contribution >= 4 is 28.0 Å². The number of thioether (sulfide) groups is 1. The van der Waals surface area contributed by atoms with Crippen molar-refractivity contribution in [2.24, 2.45) is 4.99 Å². The van der Waals surface area contributed by atoms with Crippen LogP contribution in [0.3, 0.4) is 0 Å². The van der Waals surface area contributed by atoms with E-state index in [0.29, 0.717) is 35.6 Å². The van der Waals surface area contributed by atoms with Crippen LogP contribution in [-0.4, -0.2) is 23.7 Å². The lowest BCUT2D eigenvalue weighted by Gasteiger charge is -2.15. The van der Waals surface area contributed by atoms with E-state index >= 15 is 0 Å². The summed E-state index contributed by atoms with van der Waals surface area (Å²) in [6.45, 7) is 6.37. The lowest BCUT2D eigenvalue weighted by Crippen LogP contribution is -2.23. The summed E-state index contributed by atoms with van der Waals surface area (Å²) in [6.07, 6.45) is -3.04. The number of alkyl halides is 3. The second-order valence-electron chi connectivity index (χ2n) is 6.90. The van der Waals surface area contributed by atoms with Crippen molar-refractivity contribution in [2.75, 3.05) is 13.6 Å². The molecule has 2 N–H and O–H groups in total. The molecule has 0 radical (unpaired) electrons. The molecule has 180 valence electrons. The first-order valence-corrected chi connectivity index (χ1v) is 11.4. The third kappa shape index (κ3) is 7.38. The van der Waals surface area contributed by atoms with Crippen LogP contribution in [0.15, 0.2) is 50.6 Å². The van der Waals surface area contributed by atoms with E-state index in [-0.39, 0.29) is 10.8 Å². The average Bonchev–Trinajstić information content (AvgIpc) is 3.14. The van der Waals surface area contributed by atoms with Crippen LogP contribution in [0.2, 0.25) is 0 Å². The monoisotopic (exact) mass is 485 g/mol. The summed E-state index contributed by atoms with van der Waals surface area (Å²) in [5, 5.41) is 3.47. The molecule has 10 heteroatoms. The summed E-state index contributed by atoms with van der Waals surface area (Å²) in [6, 6.07) is 7.85. The summed E-state index contributed by atoms with van der Waals surface area (Å²) in [4.78, 5) is 17.9. The van der Waals surface area contributed by atoms with Crippen LogP contribution in [0.5, 0.6) is 0 Å². The molecule has 33 heavy (non-hydrogen) atoms. The van der Waals surface area contributed by atoms with Gasteiger partial charge in [0.05, 0.1) is 11.1 Å². The van der Waals surface area contributed by atoms with Crippen LogP contribution in [0.25, 0.3) is 11.1 Å². The van der Waals surface area contributed by atoms with Gasteiger partial charge in [0.25, 0.3) is 0 Å². The van der Waals surface area contributed by atoms with Crippen LogP contribution in [0.4, 0.5) is 17.6 Å². The molecule has 3 rings (SSSR count). The second-order valence-corrected chi connectivity index (χ2v) is 8.23. The van der Waals surface area contributed by atoms with Crippen LogP contribution >= 0.6 is 11.8 Å². The first-order valence-electron chi connectivity index (χ1n) is 10.5. The maximum Gasteiger partial charge on any atom is 0.417 e. The second kappa shape index (κ2) is 11.9. The number of nitrogens with zero attached hydrogens (tertiary/aromatic N) is 1. The van der Waals surface area contributed by atoms with E-state index in [1.807, 2.05) is 20.8 Å². The van der Waals surface area contributed by atoms with E-state index in [2.05, 4.69) is 15.3 Å². The minimum atomic E-state index is -4.34. The largest absolute Gasteiger partial charge is 0.417 e. The number of aromatic amines is 1. The Balaban J connectivity index is 0.00000187. The van der Waals surface area contributed by atoms with E-state index in [9.17, 15) is 22.4 Å². The van der Waals surface area contributed by atoms with Gasteiger partial charge in [0.2, 0.25) is 0 Å². The molecule has 1 atom stereocenters. The zero-order valence-corrected chi connectivity index (χ0v) is 19.7. The van der Waals surface area contributed by atoms with Gasteiger partial charge in [-0.05, 0) is 43.5 Å². The summed E-state index contributed by atoms with van der Waals surface area (Å²) in [5.41, 5.74) is 1.12. The lowest BCUT2D eigenvalue weighted by atomic mass is 10.1. The van der Waals surface area contributed by atoms with Gasteiger partial charge in [0.15, 0.2) is 10.8 Å². The number of benzene rings is 2. The molecule has 0 amide bonds. The Morgan fingerprint density at radius 1 is 1.21 bits per heavy atom. The van der Waals surface area contributed by atoms with Gasteiger partial charge in [-0.3, -0.25) is 9.98 Å². The normalized spacial score (nSPS) is 12.9. The number of H-pyrrole nitrogens is 1. The first kappa shape index (κ1) is 26.5. The van der Waals surface area contributed by atoms with Gasteiger partial charge < -0.3 is 9.73 Å². The van der Waals surface area contributed by atoms with Gasteiger partial charge in [-0.25, -0.2) is 9.18 Å². The number of amidine groups is 1. The molecular formula is C23H27F4N3O2S. The smallest absolute Gasteiger partial charge is 0.408 e. The maximum atomic E-state index is 14.4. The van der Waals surface area contributed by atoms with Crippen LogP contribution in [0, 0.1) is 5.82 Å². The van der Waals surface area contributed by atoms with E-state index in [4.69, 9.17) is 4.42 Å². The fourth-order valence-corrected chi connectivity index (χ4v) is 3.98. The molecule has 0 bridgehead atoms. The highest BCUT2D eigenvalue weighted by Gasteiger charge is 2.29. The number of aromatic nitrogens is 1. The van der Waals surface area contributed by atoms with Gasteiger partial charge in [-0.15, -0.1) is 0 Å². The van der Waals surface area contributed by atoms with Gasteiger partial charge in [-0.1, -0.05) is 37.7 Å². The number of hydrogen-bond acceptors (Lipinski definition) is 4. The summed E-state index contributed by atoms with van der Waals surface area (Å²) in [7, 11) is 1.61. The Morgan fingerprint density at radius 3 is 2.48 bits per heavy atom. The molecule has 0 aliphatic heterocycles. The molecule has 0 saturated carbocycles. The predicted molar refractivity (Wildman–Crippen MR) is 125 cm³/mol. The van der Waals surface area contributed by atoms with Crippen LogP contribution < -0.4 is 11.1 Å². The van der Waals surface area contributed by atoms with Gasteiger partial charge in [-0.2, -0.15) is 13.2 Å². The molecule has 1 unspecified atom stereocenters. The Morgan fingerprint density at radius 2 is 1.88 bits per heavy atom. The molecule has 0 saturated heterocycles. The van der Waals surface area contributed by atoms with Crippen molar-refractivity contribution in [3.05, 3.63) is 69.5 Å². The van der Waals surface area contributed by atoms with Gasteiger partial charge in [0, 0.05) is 30.5 Å². The zero-order chi connectivity index (χ0) is 24.6. The maximum absolute atomic E-state index is 14.4. The van der Waals surface area contributed by atoms with Crippen molar-refractivity contribution in [1.29, 1.82) is 0 Å². The van der Waals surface area contributed by atoms with E-state index in [0.717, 1.165) is 17.7 Å². The third-order valence-corrected chi connectivity index (χ3v) is 5.83. The average molecular weight is 486 g/mol. The van der Waals surface area contributed by atoms with Gasteiger partial charge >= 0.3 is 11.9 Å². The van der Waals surface area contributed by atoms with E-state index in [1.165, 1.54) is 36.0 Å². The summed E-state index contributed by atoms with van der Waals surface area (Å²) in [5.74, 6) is -1.10. The lowest BCUT2D eigenvalue weighted by molar-refractivity contribution is -0.137. The quantitative estimate of drug-likeness (QED) is 0.186. The standard InChI is InChI=1S/C21H21F4N3O2S.C2H6/c1-12(15-10-18-17(11-16(15)22)28-20(29)30-18)31-19(26-2)27-9-3-4-13-5-7-14(8-6-13)21(23,24)25;1-2/h5-8,10-12H,3-4,9H2,1-2H3,(H,26,27)(H,28,29);1-2H3. The fraction of sp³-hybridized carbons (Fsp3) is 0.391. The zero-order valence-electron chi connectivity index (χ0n) is 18.8. The number of hydrogen-bond donors (Lipinski definition) is 2. The third-order valence-electron chi connectivity index (χ3n) is 4.67. The minimum Gasteiger partial charge on any atom is -0.408 e. The summed E-state index contributed by atoms with van der Waals surface area (Å²) < 4.78 is 57.3. The molecule has 1 heterocycles. The molecule has 0 aliphatic carbocycles. The van der Waals surface area contributed by atoms with Crippen LogP contribution in [-0.2, 0) is 12.6 Å². The number of halogens is 4. The number of aryl methyl sites for hydroxylation is 1. The minimum absolute atomic E-state index is 0.285. The molecule has 0 fully saturated rings. The Labute approximate surface area is 193 Å². The SMILES string of the molecule is CC.CN=C(NCCCc1ccc(C(F)(F)F)cc1)SC(C)c1cc2oc(=O)[nH]c2cc1F. The highest BCUT2D eigenvalue weighted by Crippen LogP contribution is 2.32. The van der Waals surface area contributed by atoms with Crippen molar-refractivity contribution in [2.45, 2.75) is 45.0 Å². The Hall–Kier alpha value is -2.75. The molecule has 5 nitrogen and oxygen atoms in total. The molecule has 2 aromatic carbocycles. The van der Waals surface area contributed by atoms with Crippen molar-refractivity contribution in [1.82, 2.24) is 10.3 Å². The highest BCUT2D eigenvalue weighted by atomic mass is 32.2. The number of nitrogens with one attached hydrogen (secondary N) is 2. The van der Waals surface area contributed by atoms with Crippen molar-refractivity contribution < 1.29 is 22.0 Å². The van der Waals surface area contributed by atoms with E-state index < -0.39 is 23.3 Å². The Kier molecular flexibility index (Phi) is 9.57. The highest BCUT2D eigenvalue weighted by molar-refractivity contribution is 8.14. The topological polar surface area (TPSA) is 70.4 Å². The molecule has 3 aromatic rings. The van der Waals surface area contributed by atoms with Crippen molar-refractivity contribution in [3.63, 3.8) is 0 Å². The van der Waals surface area contributed by atoms with Gasteiger partial charge in [0.1, 0.15) is 5.82 Å². The number of fused-ring (bicyclic) bond motifs is 1. The summed E-state index contributed by atoms with van der Waals surface area (Å²) >= 11 is 1.32. The Bertz CT molecular complexity index is 1120. The molecule has 1 aromatic heterocycles. The van der Waals surface area contributed by atoms with Crippen LogP contribution in [0.1, 0.15) is 49.1 Å². The molecule has 0 spiro atoms. The van der Waals surface area contributed by atoms with Crippen molar-refractivity contribution in [3.8, 4) is 0 Å². The molecular weight excluding hydrogens is 458 g/mol. The number of aliphatic imine (C=N–C) groups is 1.